The SMILES string of the molecule is CCCC(C)N(C)CC(C(=O)O)c1ccccc1. The standard InChI is InChI=1S/C15H23NO2/c1-4-8-12(2)16(3)11-14(15(17)18)13-9-6-5-7-10-13/h5-7,9-10,12,14H,4,8,11H2,1-3H3,(H,17,18). The Labute approximate surface area is 109 Å². The minimum Gasteiger partial charge on any atom is -0.481 e. The zero-order chi connectivity index (χ0) is 13.5. The van der Waals surface area contributed by atoms with E-state index in [1.807, 2.05) is 37.4 Å². The molecule has 0 heterocycles. The summed E-state index contributed by atoms with van der Waals surface area (Å²) < 4.78 is 0. The predicted molar refractivity (Wildman–Crippen MR) is 73.8 cm³/mol. The van der Waals surface area contributed by atoms with E-state index in [4.69, 9.17) is 0 Å². The molecule has 0 bridgehead atoms. The van der Waals surface area contributed by atoms with Crippen LogP contribution in [0.1, 0.15) is 38.2 Å². The van der Waals surface area contributed by atoms with Gasteiger partial charge >= 0.3 is 5.97 Å². The molecule has 0 aromatic heterocycles. The van der Waals surface area contributed by atoms with Gasteiger partial charge in [-0.1, -0.05) is 43.7 Å². The summed E-state index contributed by atoms with van der Waals surface area (Å²) in [5.41, 5.74) is 0.876. The molecule has 0 saturated heterocycles. The van der Waals surface area contributed by atoms with Gasteiger partial charge in [-0.2, -0.15) is 0 Å². The Morgan fingerprint density at radius 3 is 2.44 bits per heavy atom. The topological polar surface area (TPSA) is 40.5 Å². The zero-order valence-electron chi connectivity index (χ0n) is 11.5. The van der Waals surface area contributed by atoms with Gasteiger partial charge in [0.15, 0.2) is 0 Å². The molecular weight excluding hydrogens is 226 g/mol. The van der Waals surface area contributed by atoms with Crippen LogP contribution in [0.3, 0.4) is 0 Å². The number of carboxylic acids is 1. The first kappa shape index (κ1) is 14.7. The van der Waals surface area contributed by atoms with Crippen molar-refractivity contribution in [3.05, 3.63) is 35.9 Å². The van der Waals surface area contributed by atoms with Crippen LogP contribution in [0.2, 0.25) is 0 Å². The Bertz CT molecular complexity index is 364. The lowest BCUT2D eigenvalue weighted by atomic mass is 9.98. The smallest absolute Gasteiger partial charge is 0.312 e. The van der Waals surface area contributed by atoms with E-state index in [2.05, 4.69) is 18.7 Å². The molecule has 18 heavy (non-hydrogen) atoms. The van der Waals surface area contributed by atoms with Crippen LogP contribution in [0, 0.1) is 0 Å². The number of benzene rings is 1. The van der Waals surface area contributed by atoms with E-state index in [0.29, 0.717) is 12.6 Å². The molecule has 0 spiro atoms. The molecular formula is C15H23NO2. The number of hydrogen-bond donors (Lipinski definition) is 1. The molecule has 0 aliphatic rings. The predicted octanol–water partition coefficient (Wildman–Crippen LogP) is 2.98. The number of aliphatic carboxylic acids is 1. The van der Waals surface area contributed by atoms with Crippen molar-refractivity contribution in [2.75, 3.05) is 13.6 Å². The Balaban J connectivity index is 2.73. The number of carboxylic acid groups (broad SMARTS) is 1. The van der Waals surface area contributed by atoms with Gasteiger partial charge in [0, 0.05) is 12.6 Å². The van der Waals surface area contributed by atoms with Gasteiger partial charge < -0.3 is 10.0 Å². The number of nitrogens with zero attached hydrogens (tertiary/aromatic N) is 1. The Morgan fingerprint density at radius 1 is 1.33 bits per heavy atom. The van der Waals surface area contributed by atoms with Crippen LogP contribution < -0.4 is 0 Å². The van der Waals surface area contributed by atoms with Crippen LogP contribution in [0.15, 0.2) is 30.3 Å². The summed E-state index contributed by atoms with van der Waals surface area (Å²) in [6.07, 6.45) is 2.21. The number of carbonyl (C=O) groups is 1. The van der Waals surface area contributed by atoms with Crippen molar-refractivity contribution >= 4 is 5.97 Å². The second-order valence-electron chi connectivity index (χ2n) is 4.88. The van der Waals surface area contributed by atoms with Gasteiger partial charge in [0.2, 0.25) is 0 Å². The quantitative estimate of drug-likeness (QED) is 0.807. The molecule has 1 aromatic rings. The lowest BCUT2D eigenvalue weighted by Crippen LogP contribution is -2.35. The zero-order valence-corrected chi connectivity index (χ0v) is 11.5. The molecule has 0 amide bonds. The first-order valence-electron chi connectivity index (χ1n) is 6.54. The fourth-order valence-corrected chi connectivity index (χ4v) is 2.12. The second kappa shape index (κ2) is 7.17. The second-order valence-corrected chi connectivity index (χ2v) is 4.88. The summed E-state index contributed by atoms with van der Waals surface area (Å²) in [7, 11) is 2.00. The van der Waals surface area contributed by atoms with E-state index in [1.165, 1.54) is 0 Å². The normalized spacial score (nSPS) is 14.4. The highest BCUT2D eigenvalue weighted by molar-refractivity contribution is 5.76. The Kier molecular flexibility index (Phi) is 5.86. The minimum atomic E-state index is -0.753. The van der Waals surface area contributed by atoms with Gasteiger partial charge in [-0.3, -0.25) is 4.79 Å². The molecule has 1 rings (SSSR count). The fourth-order valence-electron chi connectivity index (χ4n) is 2.12. The molecule has 1 N–H and O–H groups in total. The molecule has 2 atom stereocenters. The average molecular weight is 249 g/mol. The molecule has 3 heteroatoms. The van der Waals surface area contributed by atoms with Gasteiger partial charge in [-0.25, -0.2) is 0 Å². The molecule has 0 saturated carbocycles. The minimum absolute atomic E-state index is 0.417. The van der Waals surface area contributed by atoms with Crippen molar-refractivity contribution in [2.24, 2.45) is 0 Å². The van der Waals surface area contributed by atoms with Crippen LogP contribution >= 0.6 is 0 Å². The average Bonchev–Trinajstić information content (AvgIpc) is 2.36. The van der Waals surface area contributed by atoms with Gasteiger partial charge in [-0.15, -0.1) is 0 Å². The number of hydrogen-bond acceptors (Lipinski definition) is 2. The van der Waals surface area contributed by atoms with Crippen LogP contribution in [-0.2, 0) is 4.79 Å². The third-order valence-corrected chi connectivity index (χ3v) is 3.43. The lowest BCUT2D eigenvalue weighted by molar-refractivity contribution is -0.139. The maximum absolute atomic E-state index is 11.4. The molecule has 0 radical (unpaired) electrons. The summed E-state index contributed by atoms with van der Waals surface area (Å²) in [6.45, 7) is 4.85. The van der Waals surface area contributed by atoms with E-state index in [-0.39, 0.29) is 0 Å². The summed E-state index contributed by atoms with van der Waals surface area (Å²) in [5.74, 6) is -1.20. The van der Waals surface area contributed by atoms with Crippen molar-refractivity contribution in [3.8, 4) is 0 Å². The molecule has 0 aliphatic carbocycles. The molecule has 0 aliphatic heterocycles. The molecule has 100 valence electrons. The van der Waals surface area contributed by atoms with E-state index in [0.717, 1.165) is 18.4 Å². The number of rotatable bonds is 7. The lowest BCUT2D eigenvalue weighted by Gasteiger charge is -2.27. The van der Waals surface area contributed by atoms with Crippen LogP contribution in [0.5, 0.6) is 0 Å². The summed E-state index contributed by atoms with van der Waals surface area (Å²) >= 11 is 0. The third-order valence-electron chi connectivity index (χ3n) is 3.43. The van der Waals surface area contributed by atoms with Crippen molar-refractivity contribution in [3.63, 3.8) is 0 Å². The summed E-state index contributed by atoms with van der Waals surface area (Å²) in [6, 6.07) is 9.88. The van der Waals surface area contributed by atoms with E-state index in [1.54, 1.807) is 0 Å². The maximum atomic E-state index is 11.4. The van der Waals surface area contributed by atoms with Gasteiger partial charge in [0.05, 0.1) is 5.92 Å². The van der Waals surface area contributed by atoms with Crippen molar-refractivity contribution in [1.82, 2.24) is 4.90 Å². The number of likely N-dealkylation sites (N-methyl/N-ethyl adjacent to an activating group) is 1. The van der Waals surface area contributed by atoms with Crippen molar-refractivity contribution in [1.29, 1.82) is 0 Å². The monoisotopic (exact) mass is 249 g/mol. The van der Waals surface area contributed by atoms with Crippen LogP contribution in [0.25, 0.3) is 0 Å². The third kappa shape index (κ3) is 4.15. The Morgan fingerprint density at radius 2 is 1.94 bits per heavy atom. The van der Waals surface area contributed by atoms with Gasteiger partial charge in [0.25, 0.3) is 0 Å². The highest BCUT2D eigenvalue weighted by atomic mass is 16.4. The first-order valence-corrected chi connectivity index (χ1v) is 6.54. The van der Waals surface area contributed by atoms with Crippen molar-refractivity contribution in [2.45, 2.75) is 38.6 Å². The van der Waals surface area contributed by atoms with Crippen LogP contribution in [0.4, 0.5) is 0 Å². The molecule has 1 aromatic carbocycles. The summed E-state index contributed by atoms with van der Waals surface area (Å²) in [4.78, 5) is 13.5. The summed E-state index contributed by atoms with van der Waals surface area (Å²) in [5, 5.41) is 9.36. The molecule has 3 nitrogen and oxygen atoms in total. The van der Waals surface area contributed by atoms with Crippen molar-refractivity contribution < 1.29 is 9.90 Å². The van der Waals surface area contributed by atoms with E-state index in [9.17, 15) is 9.90 Å². The molecule has 2 unspecified atom stereocenters. The Hall–Kier alpha value is -1.35. The largest absolute Gasteiger partial charge is 0.481 e. The maximum Gasteiger partial charge on any atom is 0.312 e. The highest BCUT2D eigenvalue weighted by Crippen LogP contribution is 2.18. The van der Waals surface area contributed by atoms with Gasteiger partial charge in [-0.05, 0) is 26.0 Å². The fraction of sp³-hybridized carbons (Fsp3) is 0.533. The van der Waals surface area contributed by atoms with E-state index >= 15 is 0 Å². The van der Waals surface area contributed by atoms with Crippen LogP contribution in [-0.4, -0.2) is 35.6 Å². The molecule has 0 fully saturated rings. The van der Waals surface area contributed by atoms with Gasteiger partial charge in [0.1, 0.15) is 0 Å². The van der Waals surface area contributed by atoms with E-state index < -0.39 is 11.9 Å². The first-order chi connectivity index (χ1) is 8.56. The highest BCUT2D eigenvalue weighted by Gasteiger charge is 2.23.